The Balaban J connectivity index is 2.18. The zero-order valence-corrected chi connectivity index (χ0v) is 10.4. The monoisotopic (exact) mass is 259 g/mol. The molecule has 0 radical (unpaired) electrons. The Morgan fingerprint density at radius 2 is 2.11 bits per heavy atom. The first-order valence-corrected chi connectivity index (χ1v) is 5.79. The van der Waals surface area contributed by atoms with Gasteiger partial charge in [-0.15, -0.1) is 0 Å². The number of pyridine rings is 1. The molecule has 2 heterocycles. The lowest BCUT2D eigenvalue weighted by molar-refractivity contribution is 0.415. The molecule has 0 atom stereocenters. The maximum Gasteiger partial charge on any atom is 0.155 e. The number of hydrogen-bond acceptors (Lipinski definition) is 3. The third-order valence-electron chi connectivity index (χ3n) is 2.77. The molecule has 0 fully saturated rings. The van der Waals surface area contributed by atoms with Crippen LogP contribution in [0.5, 0.6) is 5.75 Å². The van der Waals surface area contributed by atoms with Crippen LogP contribution >= 0.6 is 11.6 Å². The number of benzene rings is 1. The van der Waals surface area contributed by atoms with Crippen molar-refractivity contribution in [3.05, 3.63) is 47.9 Å². The fraction of sp³-hybridized carbons (Fsp3) is 0.0769. The highest BCUT2D eigenvalue weighted by Gasteiger charge is 2.07. The van der Waals surface area contributed by atoms with Crippen LogP contribution in [0, 0.1) is 0 Å². The van der Waals surface area contributed by atoms with Gasteiger partial charge in [-0.25, -0.2) is 9.50 Å². The Morgan fingerprint density at radius 3 is 2.94 bits per heavy atom. The molecule has 0 aliphatic rings. The molecule has 1 aromatic carbocycles. The lowest BCUT2D eigenvalue weighted by atomic mass is 10.1. The molecule has 0 unspecified atom stereocenters. The Hall–Kier alpha value is -2.07. The zero-order chi connectivity index (χ0) is 12.5. The van der Waals surface area contributed by atoms with Crippen molar-refractivity contribution in [1.29, 1.82) is 0 Å². The normalized spacial score (nSPS) is 10.8. The number of methoxy groups -OCH3 is 1. The lowest BCUT2D eigenvalue weighted by Gasteiger charge is -2.07. The molecule has 3 rings (SSSR count). The van der Waals surface area contributed by atoms with Gasteiger partial charge in [0.15, 0.2) is 5.65 Å². The smallest absolute Gasteiger partial charge is 0.155 e. The minimum Gasteiger partial charge on any atom is -0.497 e. The first-order chi connectivity index (χ1) is 8.78. The number of hydrogen-bond donors (Lipinski definition) is 0. The van der Waals surface area contributed by atoms with Crippen LogP contribution in [0.1, 0.15) is 0 Å². The number of aromatic nitrogens is 3. The van der Waals surface area contributed by atoms with Crippen molar-refractivity contribution in [3.63, 3.8) is 0 Å². The van der Waals surface area contributed by atoms with E-state index in [0.717, 1.165) is 22.5 Å². The number of ether oxygens (including phenoxy) is 1. The summed E-state index contributed by atoms with van der Waals surface area (Å²) in [5.41, 5.74) is 2.69. The van der Waals surface area contributed by atoms with Crippen molar-refractivity contribution < 1.29 is 4.74 Å². The van der Waals surface area contributed by atoms with E-state index < -0.39 is 0 Å². The van der Waals surface area contributed by atoms with Gasteiger partial charge in [-0.1, -0.05) is 11.6 Å². The van der Waals surface area contributed by atoms with E-state index >= 15 is 0 Å². The van der Waals surface area contributed by atoms with Crippen LogP contribution in [-0.2, 0) is 0 Å². The molecule has 3 aromatic rings. The third-order valence-corrected chi connectivity index (χ3v) is 3.09. The van der Waals surface area contributed by atoms with Gasteiger partial charge in [0.25, 0.3) is 0 Å². The maximum atomic E-state index is 6.21. The molecule has 0 bridgehead atoms. The van der Waals surface area contributed by atoms with Gasteiger partial charge in [0.05, 0.1) is 7.11 Å². The van der Waals surface area contributed by atoms with E-state index in [1.807, 2.05) is 36.5 Å². The fourth-order valence-corrected chi connectivity index (χ4v) is 2.06. The van der Waals surface area contributed by atoms with Gasteiger partial charge < -0.3 is 4.74 Å². The summed E-state index contributed by atoms with van der Waals surface area (Å²) < 4.78 is 6.92. The van der Waals surface area contributed by atoms with Gasteiger partial charge in [0.1, 0.15) is 12.1 Å². The first kappa shape index (κ1) is 11.0. The van der Waals surface area contributed by atoms with Crippen LogP contribution in [0.4, 0.5) is 0 Å². The standard InChI is InChI=1S/C13H10ClN3O/c1-18-10-2-3-12(14)11(7-10)9-4-5-17-13(6-9)15-8-16-17/h2-8H,1H3. The SMILES string of the molecule is COc1ccc(Cl)c(-c2ccn3ncnc3c2)c1. The summed E-state index contributed by atoms with van der Waals surface area (Å²) in [6.45, 7) is 0. The Kier molecular flexibility index (Phi) is 2.64. The van der Waals surface area contributed by atoms with Crippen LogP contribution in [-0.4, -0.2) is 21.7 Å². The molecule has 0 saturated heterocycles. The zero-order valence-electron chi connectivity index (χ0n) is 9.67. The van der Waals surface area contributed by atoms with Crippen LogP contribution in [0.3, 0.4) is 0 Å². The molecule has 18 heavy (non-hydrogen) atoms. The predicted molar refractivity (Wildman–Crippen MR) is 70.0 cm³/mol. The molecule has 0 aliphatic carbocycles. The molecule has 2 aromatic heterocycles. The topological polar surface area (TPSA) is 39.4 Å². The third kappa shape index (κ3) is 1.80. The van der Waals surface area contributed by atoms with Crippen molar-refractivity contribution in [2.45, 2.75) is 0 Å². The van der Waals surface area contributed by atoms with Crippen LogP contribution < -0.4 is 4.74 Å². The number of fused-ring (bicyclic) bond motifs is 1. The van der Waals surface area contributed by atoms with E-state index in [1.54, 1.807) is 11.6 Å². The number of nitrogens with zero attached hydrogens (tertiary/aromatic N) is 3. The Morgan fingerprint density at radius 1 is 1.22 bits per heavy atom. The van der Waals surface area contributed by atoms with Crippen molar-refractivity contribution in [2.75, 3.05) is 7.11 Å². The summed E-state index contributed by atoms with van der Waals surface area (Å²) in [5.74, 6) is 0.774. The summed E-state index contributed by atoms with van der Waals surface area (Å²) in [6.07, 6.45) is 3.37. The molecule has 0 amide bonds. The molecular formula is C13H10ClN3O. The molecule has 4 nitrogen and oxygen atoms in total. The molecular weight excluding hydrogens is 250 g/mol. The Bertz CT molecular complexity index is 708. The van der Waals surface area contributed by atoms with Gasteiger partial charge in [-0.3, -0.25) is 0 Å². The number of rotatable bonds is 2. The second kappa shape index (κ2) is 4.31. The quantitative estimate of drug-likeness (QED) is 0.710. The second-order valence-electron chi connectivity index (χ2n) is 3.82. The molecule has 0 saturated carbocycles. The Labute approximate surface area is 109 Å². The molecule has 0 aliphatic heterocycles. The van der Waals surface area contributed by atoms with E-state index in [4.69, 9.17) is 16.3 Å². The van der Waals surface area contributed by atoms with Crippen molar-refractivity contribution in [2.24, 2.45) is 0 Å². The molecule has 0 N–H and O–H groups in total. The highest BCUT2D eigenvalue weighted by atomic mass is 35.5. The predicted octanol–water partition coefficient (Wildman–Crippen LogP) is 3.06. The van der Waals surface area contributed by atoms with E-state index in [0.29, 0.717) is 5.02 Å². The molecule has 90 valence electrons. The fourth-order valence-electron chi connectivity index (χ4n) is 1.84. The highest BCUT2D eigenvalue weighted by Crippen LogP contribution is 2.31. The van der Waals surface area contributed by atoms with Gasteiger partial charge >= 0.3 is 0 Å². The minimum absolute atomic E-state index is 0.680. The van der Waals surface area contributed by atoms with E-state index in [9.17, 15) is 0 Å². The highest BCUT2D eigenvalue weighted by molar-refractivity contribution is 6.33. The van der Waals surface area contributed by atoms with Crippen LogP contribution in [0.25, 0.3) is 16.8 Å². The summed E-state index contributed by atoms with van der Waals surface area (Å²) in [5, 5.41) is 4.74. The first-order valence-electron chi connectivity index (χ1n) is 5.41. The largest absolute Gasteiger partial charge is 0.497 e. The van der Waals surface area contributed by atoms with Crippen molar-refractivity contribution >= 4 is 17.2 Å². The van der Waals surface area contributed by atoms with Crippen LogP contribution in [0.2, 0.25) is 5.02 Å². The summed E-state index contributed by atoms with van der Waals surface area (Å²) in [7, 11) is 1.63. The van der Waals surface area contributed by atoms with Gasteiger partial charge in [0.2, 0.25) is 0 Å². The van der Waals surface area contributed by atoms with E-state index in [1.165, 1.54) is 6.33 Å². The minimum atomic E-state index is 0.680. The summed E-state index contributed by atoms with van der Waals surface area (Å²) in [6, 6.07) is 9.45. The lowest BCUT2D eigenvalue weighted by Crippen LogP contribution is -1.89. The molecule has 5 heteroatoms. The average Bonchev–Trinajstić information content (AvgIpc) is 2.86. The van der Waals surface area contributed by atoms with E-state index in [-0.39, 0.29) is 0 Å². The van der Waals surface area contributed by atoms with Gasteiger partial charge in [0, 0.05) is 16.8 Å². The van der Waals surface area contributed by atoms with Gasteiger partial charge in [-0.2, -0.15) is 5.10 Å². The maximum absolute atomic E-state index is 6.21. The summed E-state index contributed by atoms with van der Waals surface area (Å²) in [4.78, 5) is 4.15. The van der Waals surface area contributed by atoms with E-state index in [2.05, 4.69) is 10.1 Å². The summed E-state index contributed by atoms with van der Waals surface area (Å²) >= 11 is 6.21. The molecule has 0 spiro atoms. The van der Waals surface area contributed by atoms with Gasteiger partial charge in [-0.05, 0) is 35.9 Å². The van der Waals surface area contributed by atoms with Crippen molar-refractivity contribution in [1.82, 2.24) is 14.6 Å². The number of halogens is 1. The van der Waals surface area contributed by atoms with Crippen molar-refractivity contribution in [3.8, 4) is 16.9 Å². The van der Waals surface area contributed by atoms with Crippen LogP contribution in [0.15, 0.2) is 42.9 Å². The second-order valence-corrected chi connectivity index (χ2v) is 4.23. The average molecular weight is 260 g/mol.